The number of hydrogen-bond donors (Lipinski definition) is 0. The zero-order valence-corrected chi connectivity index (χ0v) is 7.86. The minimum absolute atomic E-state index is 0.894. The van der Waals surface area contributed by atoms with Crippen molar-refractivity contribution in [2.24, 2.45) is 0 Å². The van der Waals surface area contributed by atoms with E-state index < -0.39 is 0 Å². The molecule has 1 aliphatic heterocycles. The lowest BCUT2D eigenvalue weighted by Gasteiger charge is -2.30. The van der Waals surface area contributed by atoms with Crippen molar-refractivity contribution in [3.63, 3.8) is 0 Å². The van der Waals surface area contributed by atoms with Gasteiger partial charge in [0.2, 0.25) is 0 Å². The molecule has 3 heteroatoms. The molecule has 1 fully saturated rings. The molecule has 0 amide bonds. The van der Waals surface area contributed by atoms with Gasteiger partial charge in [-0.1, -0.05) is 0 Å². The number of ether oxygens (including phenoxy) is 1. The van der Waals surface area contributed by atoms with Crippen molar-refractivity contribution in [2.75, 3.05) is 20.2 Å². The predicted molar refractivity (Wildman–Crippen MR) is 50.7 cm³/mol. The average molecular weight is 178 g/mol. The van der Waals surface area contributed by atoms with Gasteiger partial charge in [-0.2, -0.15) is 0 Å². The normalized spacial score (nSPS) is 16.7. The summed E-state index contributed by atoms with van der Waals surface area (Å²) in [5.74, 6) is 0.894. The molecule has 0 saturated carbocycles. The fourth-order valence-electron chi connectivity index (χ4n) is 1.44. The van der Waals surface area contributed by atoms with Crippen LogP contribution in [0.1, 0.15) is 12.1 Å². The van der Waals surface area contributed by atoms with Gasteiger partial charge in [0.15, 0.2) is 0 Å². The van der Waals surface area contributed by atoms with E-state index in [1.54, 1.807) is 13.3 Å². The minimum Gasteiger partial charge on any atom is -0.497 e. The number of likely N-dealkylation sites (tertiary alicyclic amines) is 1. The molecular formula is C10H14N2O. The van der Waals surface area contributed by atoms with Gasteiger partial charge >= 0.3 is 0 Å². The number of hydrogen-bond acceptors (Lipinski definition) is 3. The Balaban J connectivity index is 2.01. The van der Waals surface area contributed by atoms with Gasteiger partial charge in [0.25, 0.3) is 0 Å². The second-order valence-corrected chi connectivity index (χ2v) is 3.32. The van der Waals surface area contributed by atoms with Crippen LogP contribution in [0.5, 0.6) is 5.75 Å². The molecule has 1 aromatic rings. The molecule has 0 aliphatic carbocycles. The summed E-state index contributed by atoms with van der Waals surface area (Å²) in [6, 6.07) is 3.87. The summed E-state index contributed by atoms with van der Waals surface area (Å²) in [4.78, 5) is 6.66. The van der Waals surface area contributed by atoms with Crippen LogP contribution in [-0.2, 0) is 6.54 Å². The van der Waals surface area contributed by atoms with E-state index in [4.69, 9.17) is 4.74 Å². The van der Waals surface area contributed by atoms with Crippen molar-refractivity contribution in [3.05, 3.63) is 24.0 Å². The van der Waals surface area contributed by atoms with Crippen LogP contribution in [-0.4, -0.2) is 30.1 Å². The SMILES string of the molecule is COc1ccnc(CN2CCC2)c1. The van der Waals surface area contributed by atoms with Crippen LogP contribution < -0.4 is 4.74 Å². The molecule has 1 aromatic heterocycles. The van der Waals surface area contributed by atoms with Crippen LogP contribution in [0, 0.1) is 0 Å². The molecule has 0 aromatic carbocycles. The standard InChI is InChI=1S/C10H14N2O/c1-13-10-3-4-11-9(7-10)8-12-5-2-6-12/h3-4,7H,2,5-6,8H2,1H3. The highest BCUT2D eigenvalue weighted by atomic mass is 16.5. The lowest BCUT2D eigenvalue weighted by Crippen LogP contribution is -2.36. The summed E-state index contributed by atoms with van der Waals surface area (Å²) in [7, 11) is 1.68. The highest BCUT2D eigenvalue weighted by Crippen LogP contribution is 2.14. The Labute approximate surface area is 78.3 Å². The monoisotopic (exact) mass is 178 g/mol. The van der Waals surface area contributed by atoms with Crippen molar-refractivity contribution in [1.29, 1.82) is 0 Å². The summed E-state index contributed by atoms with van der Waals surface area (Å²) in [6.45, 7) is 3.37. The van der Waals surface area contributed by atoms with E-state index in [0.717, 1.165) is 18.0 Å². The molecule has 2 rings (SSSR count). The maximum Gasteiger partial charge on any atom is 0.122 e. The Bertz CT molecular complexity index is 284. The summed E-state index contributed by atoms with van der Waals surface area (Å²) >= 11 is 0. The third kappa shape index (κ3) is 1.98. The first kappa shape index (κ1) is 8.51. The zero-order chi connectivity index (χ0) is 9.10. The number of methoxy groups -OCH3 is 1. The Morgan fingerprint density at radius 2 is 2.38 bits per heavy atom. The highest BCUT2D eigenvalue weighted by Gasteiger charge is 2.14. The van der Waals surface area contributed by atoms with Crippen LogP contribution in [0.2, 0.25) is 0 Å². The van der Waals surface area contributed by atoms with Crippen molar-refractivity contribution < 1.29 is 4.74 Å². The van der Waals surface area contributed by atoms with Crippen molar-refractivity contribution in [3.8, 4) is 5.75 Å². The van der Waals surface area contributed by atoms with Gasteiger partial charge in [-0.25, -0.2) is 0 Å². The fraction of sp³-hybridized carbons (Fsp3) is 0.500. The van der Waals surface area contributed by atoms with Crippen LogP contribution in [0.3, 0.4) is 0 Å². The Hall–Kier alpha value is -1.09. The molecule has 0 N–H and O–H groups in total. The summed E-state index contributed by atoms with van der Waals surface area (Å²) in [5.41, 5.74) is 1.10. The molecule has 13 heavy (non-hydrogen) atoms. The average Bonchev–Trinajstić information content (AvgIpc) is 2.12. The van der Waals surface area contributed by atoms with Gasteiger partial charge in [0.05, 0.1) is 12.8 Å². The molecule has 2 heterocycles. The second-order valence-electron chi connectivity index (χ2n) is 3.32. The van der Waals surface area contributed by atoms with E-state index >= 15 is 0 Å². The molecule has 0 atom stereocenters. The first-order valence-corrected chi connectivity index (χ1v) is 4.60. The van der Waals surface area contributed by atoms with Gasteiger partial charge in [0, 0.05) is 18.8 Å². The largest absolute Gasteiger partial charge is 0.497 e. The molecule has 1 saturated heterocycles. The summed E-state index contributed by atoms with van der Waals surface area (Å²) < 4.78 is 5.13. The van der Waals surface area contributed by atoms with E-state index in [2.05, 4.69) is 9.88 Å². The van der Waals surface area contributed by atoms with Gasteiger partial charge in [0.1, 0.15) is 5.75 Å². The van der Waals surface area contributed by atoms with E-state index in [1.165, 1.54) is 19.5 Å². The van der Waals surface area contributed by atoms with Crippen LogP contribution in [0.4, 0.5) is 0 Å². The number of rotatable bonds is 3. The van der Waals surface area contributed by atoms with Crippen LogP contribution >= 0.6 is 0 Å². The zero-order valence-electron chi connectivity index (χ0n) is 7.86. The third-order valence-electron chi connectivity index (χ3n) is 2.36. The molecule has 0 radical (unpaired) electrons. The smallest absolute Gasteiger partial charge is 0.122 e. The van der Waals surface area contributed by atoms with E-state index in [-0.39, 0.29) is 0 Å². The summed E-state index contributed by atoms with van der Waals surface area (Å²) in [5, 5.41) is 0. The van der Waals surface area contributed by atoms with Crippen LogP contribution in [0.15, 0.2) is 18.3 Å². The van der Waals surface area contributed by atoms with Crippen molar-refractivity contribution in [2.45, 2.75) is 13.0 Å². The van der Waals surface area contributed by atoms with Gasteiger partial charge < -0.3 is 4.74 Å². The molecule has 0 bridgehead atoms. The number of aromatic nitrogens is 1. The van der Waals surface area contributed by atoms with Gasteiger partial charge in [-0.05, 0) is 25.6 Å². The van der Waals surface area contributed by atoms with Crippen LogP contribution in [0.25, 0.3) is 0 Å². The maximum absolute atomic E-state index is 5.13. The second kappa shape index (κ2) is 3.75. The molecule has 70 valence electrons. The first-order chi connectivity index (χ1) is 6.38. The van der Waals surface area contributed by atoms with Crippen molar-refractivity contribution in [1.82, 2.24) is 9.88 Å². The Morgan fingerprint density at radius 1 is 1.54 bits per heavy atom. The number of pyridine rings is 1. The maximum atomic E-state index is 5.13. The molecule has 3 nitrogen and oxygen atoms in total. The van der Waals surface area contributed by atoms with Gasteiger partial charge in [-0.3, -0.25) is 9.88 Å². The Kier molecular flexibility index (Phi) is 2.45. The van der Waals surface area contributed by atoms with Crippen molar-refractivity contribution >= 4 is 0 Å². The van der Waals surface area contributed by atoms with Gasteiger partial charge in [-0.15, -0.1) is 0 Å². The van der Waals surface area contributed by atoms with E-state index in [9.17, 15) is 0 Å². The predicted octanol–water partition coefficient (Wildman–Crippen LogP) is 1.30. The van der Waals surface area contributed by atoms with E-state index in [1.807, 2.05) is 12.1 Å². The third-order valence-corrected chi connectivity index (χ3v) is 2.36. The number of nitrogens with zero attached hydrogens (tertiary/aromatic N) is 2. The molecule has 1 aliphatic rings. The topological polar surface area (TPSA) is 25.4 Å². The molecular weight excluding hydrogens is 164 g/mol. The lowest BCUT2D eigenvalue weighted by atomic mass is 10.2. The lowest BCUT2D eigenvalue weighted by molar-refractivity contribution is 0.170. The molecule has 0 unspecified atom stereocenters. The summed E-state index contributed by atoms with van der Waals surface area (Å²) in [6.07, 6.45) is 3.12. The first-order valence-electron chi connectivity index (χ1n) is 4.60. The van der Waals surface area contributed by atoms with E-state index in [0.29, 0.717) is 0 Å². The quantitative estimate of drug-likeness (QED) is 0.697. The minimum atomic E-state index is 0.894. The molecule has 0 spiro atoms. The highest BCUT2D eigenvalue weighted by molar-refractivity contribution is 5.22. The Morgan fingerprint density at radius 3 is 3.00 bits per heavy atom. The fourth-order valence-corrected chi connectivity index (χ4v) is 1.44.